The molecule has 6 nitrogen and oxygen atoms in total. The lowest BCUT2D eigenvalue weighted by Gasteiger charge is -2.10. The van der Waals surface area contributed by atoms with E-state index >= 15 is 0 Å². The smallest absolute Gasteiger partial charge is 0.270 e. The summed E-state index contributed by atoms with van der Waals surface area (Å²) in [6.45, 7) is 5.27. The minimum Gasteiger partial charge on any atom is -0.389 e. The second-order valence-electron chi connectivity index (χ2n) is 4.67. The van der Waals surface area contributed by atoms with Crippen molar-refractivity contribution in [2.45, 2.75) is 26.9 Å². The number of aliphatic hydroxyl groups is 1. The van der Waals surface area contributed by atoms with E-state index in [-0.39, 0.29) is 5.69 Å². The molecule has 2 rings (SSSR count). The number of nitrogens with zero attached hydrogens (tertiary/aromatic N) is 3. The van der Waals surface area contributed by atoms with Gasteiger partial charge in [-0.1, -0.05) is 6.07 Å². The van der Waals surface area contributed by atoms with Gasteiger partial charge in [0.15, 0.2) is 5.82 Å². The van der Waals surface area contributed by atoms with E-state index in [2.05, 4.69) is 9.97 Å². The van der Waals surface area contributed by atoms with Crippen LogP contribution in [0.4, 0.5) is 5.69 Å². The zero-order chi connectivity index (χ0) is 14.9. The number of aryl methyl sites for hydroxylation is 2. The molecule has 0 spiro atoms. The molecule has 0 radical (unpaired) electrons. The fraction of sp³-hybridized carbons (Fsp3) is 0.286. The molecule has 6 heteroatoms. The monoisotopic (exact) mass is 273 g/mol. The van der Waals surface area contributed by atoms with Gasteiger partial charge in [0.2, 0.25) is 0 Å². The summed E-state index contributed by atoms with van der Waals surface area (Å²) in [6.07, 6.45) is 0.913. The maximum absolute atomic E-state index is 10.8. The number of non-ortho nitro benzene ring substituents is 1. The molecule has 1 aromatic carbocycles. The molecule has 20 heavy (non-hydrogen) atoms. The van der Waals surface area contributed by atoms with E-state index < -0.39 is 11.0 Å². The van der Waals surface area contributed by atoms with Gasteiger partial charge in [-0.25, -0.2) is 9.97 Å². The third-order valence-electron chi connectivity index (χ3n) is 3.14. The number of aliphatic hydroxyl groups excluding tert-OH is 1. The van der Waals surface area contributed by atoms with Gasteiger partial charge in [-0.15, -0.1) is 0 Å². The Hall–Kier alpha value is -2.34. The van der Waals surface area contributed by atoms with E-state index in [0.29, 0.717) is 22.6 Å². The maximum atomic E-state index is 10.8. The molecule has 0 aliphatic rings. The normalized spacial score (nSPS) is 12.2. The van der Waals surface area contributed by atoms with Crippen molar-refractivity contribution in [1.29, 1.82) is 0 Å². The highest BCUT2D eigenvalue weighted by Gasteiger charge is 2.14. The second kappa shape index (κ2) is 5.34. The zero-order valence-corrected chi connectivity index (χ0v) is 11.5. The van der Waals surface area contributed by atoms with Gasteiger partial charge >= 0.3 is 0 Å². The van der Waals surface area contributed by atoms with Crippen molar-refractivity contribution in [2.24, 2.45) is 0 Å². The van der Waals surface area contributed by atoms with Crippen LogP contribution in [-0.2, 0) is 0 Å². The van der Waals surface area contributed by atoms with Crippen molar-refractivity contribution in [3.63, 3.8) is 0 Å². The average molecular weight is 273 g/mol. The van der Waals surface area contributed by atoms with Crippen molar-refractivity contribution < 1.29 is 10.0 Å². The quantitative estimate of drug-likeness (QED) is 0.686. The summed E-state index contributed by atoms with van der Waals surface area (Å²) in [6, 6.07) is 4.59. The number of hydrogen-bond acceptors (Lipinski definition) is 5. The van der Waals surface area contributed by atoms with Crippen LogP contribution >= 0.6 is 0 Å². The van der Waals surface area contributed by atoms with Crippen LogP contribution < -0.4 is 0 Å². The Morgan fingerprint density at radius 1 is 1.35 bits per heavy atom. The molecule has 104 valence electrons. The van der Waals surface area contributed by atoms with Gasteiger partial charge in [0.25, 0.3) is 5.69 Å². The molecule has 0 fully saturated rings. The third-order valence-corrected chi connectivity index (χ3v) is 3.14. The molecule has 0 aliphatic carbocycles. The van der Waals surface area contributed by atoms with E-state index in [4.69, 9.17) is 0 Å². The van der Waals surface area contributed by atoms with Gasteiger partial charge in [0.05, 0.1) is 11.0 Å². The third kappa shape index (κ3) is 2.65. The molecule has 0 bridgehead atoms. The Morgan fingerprint density at radius 2 is 2.05 bits per heavy atom. The standard InChI is InChI=1S/C14H15N3O3/c1-8-4-5-11(17(19)20)6-12(8)14-15-7-13(10(3)18)9(2)16-14/h4-7,10,18H,1-3H3. The molecule has 1 N–H and O–H groups in total. The van der Waals surface area contributed by atoms with Gasteiger partial charge in [0.1, 0.15) is 0 Å². The first kappa shape index (κ1) is 14.1. The van der Waals surface area contributed by atoms with Crippen LogP contribution in [0, 0.1) is 24.0 Å². The molecule has 1 unspecified atom stereocenters. The number of benzene rings is 1. The lowest BCUT2D eigenvalue weighted by atomic mass is 10.1. The minimum absolute atomic E-state index is 0.00598. The SMILES string of the molecule is Cc1ccc([N+](=O)[O-])cc1-c1ncc(C(C)O)c(C)n1. The number of rotatable bonds is 3. The first-order valence-corrected chi connectivity index (χ1v) is 6.17. The lowest BCUT2D eigenvalue weighted by molar-refractivity contribution is -0.384. The maximum Gasteiger partial charge on any atom is 0.270 e. The Kier molecular flexibility index (Phi) is 3.76. The molecular formula is C14H15N3O3. The zero-order valence-electron chi connectivity index (χ0n) is 11.5. The summed E-state index contributed by atoms with van der Waals surface area (Å²) >= 11 is 0. The lowest BCUT2D eigenvalue weighted by Crippen LogP contribution is -2.02. The van der Waals surface area contributed by atoms with E-state index in [1.165, 1.54) is 12.1 Å². The Morgan fingerprint density at radius 3 is 2.60 bits per heavy atom. The molecule has 0 saturated heterocycles. The van der Waals surface area contributed by atoms with Crippen LogP contribution in [0.2, 0.25) is 0 Å². The van der Waals surface area contributed by atoms with Crippen molar-refractivity contribution in [2.75, 3.05) is 0 Å². The fourth-order valence-electron chi connectivity index (χ4n) is 1.98. The van der Waals surface area contributed by atoms with Crippen molar-refractivity contribution in [1.82, 2.24) is 9.97 Å². The molecule has 1 heterocycles. The largest absolute Gasteiger partial charge is 0.389 e. The number of nitro groups is 1. The molecule has 1 aromatic heterocycles. The van der Waals surface area contributed by atoms with Gasteiger partial charge in [-0.3, -0.25) is 10.1 Å². The van der Waals surface area contributed by atoms with Crippen molar-refractivity contribution in [3.8, 4) is 11.4 Å². The van der Waals surface area contributed by atoms with E-state index in [1.807, 2.05) is 6.92 Å². The Balaban J connectivity index is 2.54. The van der Waals surface area contributed by atoms with Crippen molar-refractivity contribution >= 4 is 5.69 Å². The average Bonchev–Trinajstić information content (AvgIpc) is 2.38. The van der Waals surface area contributed by atoms with Gasteiger partial charge in [-0.2, -0.15) is 0 Å². The number of hydrogen-bond donors (Lipinski definition) is 1. The van der Waals surface area contributed by atoms with E-state index in [1.54, 1.807) is 26.1 Å². The summed E-state index contributed by atoms with van der Waals surface area (Å²) in [7, 11) is 0. The summed E-state index contributed by atoms with van der Waals surface area (Å²) in [5.74, 6) is 0.424. The Bertz CT molecular complexity index is 669. The Labute approximate surface area is 116 Å². The summed E-state index contributed by atoms with van der Waals surface area (Å²) in [4.78, 5) is 18.9. The molecule has 0 saturated carbocycles. The molecule has 0 aliphatic heterocycles. The van der Waals surface area contributed by atoms with Gasteiger partial charge < -0.3 is 5.11 Å². The van der Waals surface area contributed by atoms with Crippen LogP contribution in [0.15, 0.2) is 24.4 Å². The second-order valence-corrected chi connectivity index (χ2v) is 4.67. The first-order valence-electron chi connectivity index (χ1n) is 6.17. The minimum atomic E-state index is -0.643. The fourth-order valence-corrected chi connectivity index (χ4v) is 1.98. The predicted molar refractivity (Wildman–Crippen MR) is 74.2 cm³/mol. The molecule has 2 aromatic rings. The van der Waals surface area contributed by atoms with E-state index in [9.17, 15) is 15.2 Å². The molecular weight excluding hydrogens is 258 g/mol. The van der Waals surface area contributed by atoms with Crippen LogP contribution in [0.3, 0.4) is 0 Å². The summed E-state index contributed by atoms with van der Waals surface area (Å²) < 4.78 is 0. The number of nitro benzene ring substituents is 1. The highest BCUT2D eigenvalue weighted by atomic mass is 16.6. The van der Waals surface area contributed by atoms with Crippen molar-refractivity contribution in [3.05, 3.63) is 51.3 Å². The highest BCUT2D eigenvalue weighted by molar-refractivity contribution is 5.63. The molecule has 0 amide bonds. The highest BCUT2D eigenvalue weighted by Crippen LogP contribution is 2.26. The van der Waals surface area contributed by atoms with Crippen LogP contribution in [0.1, 0.15) is 29.8 Å². The van der Waals surface area contributed by atoms with Crippen LogP contribution in [0.5, 0.6) is 0 Å². The summed E-state index contributed by atoms with van der Waals surface area (Å²) in [5.41, 5.74) is 2.80. The molecule has 1 atom stereocenters. The van der Waals surface area contributed by atoms with Gasteiger partial charge in [-0.05, 0) is 26.3 Å². The first-order chi connectivity index (χ1) is 9.40. The van der Waals surface area contributed by atoms with Crippen LogP contribution in [-0.4, -0.2) is 20.0 Å². The number of aromatic nitrogens is 2. The predicted octanol–water partition coefficient (Wildman–Crippen LogP) is 2.72. The van der Waals surface area contributed by atoms with E-state index in [0.717, 1.165) is 5.56 Å². The topological polar surface area (TPSA) is 89.2 Å². The van der Waals surface area contributed by atoms with Crippen LogP contribution in [0.25, 0.3) is 11.4 Å². The summed E-state index contributed by atoms with van der Waals surface area (Å²) in [5, 5.41) is 20.4. The van der Waals surface area contributed by atoms with Gasteiger partial charge in [0, 0.05) is 35.2 Å².